The van der Waals surface area contributed by atoms with Crippen molar-refractivity contribution in [1.82, 2.24) is 0 Å². The smallest absolute Gasteiger partial charge is 0.313 e. The van der Waals surface area contributed by atoms with Crippen LogP contribution < -0.4 is 5.30 Å². The highest BCUT2D eigenvalue weighted by Crippen LogP contribution is 2.45. The van der Waals surface area contributed by atoms with Gasteiger partial charge in [0.05, 0.1) is 7.11 Å². The summed E-state index contributed by atoms with van der Waals surface area (Å²) >= 11 is 0. The number of carbonyl (C=O) groups excluding carboxylic acids is 1. The fourth-order valence-electron chi connectivity index (χ4n) is 2.42. The quantitative estimate of drug-likeness (QED) is 0.369. The highest BCUT2D eigenvalue weighted by atomic mass is 31.2. The zero-order valence-corrected chi connectivity index (χ0v) is 14.1. The minimum atomic E-state index is -2.67. The van der Waals surface area contributed by atoms with Gasteiger partial charge >= 0.3 is 5.97 Å². The van der Waals surface area contributed by atoms with Gasteiger partial charge in [-0.15, -0.1) is 0 Å². The van der Waals surface area contributed by atoms with Crippen molar-refractivity contribution in [3.63, 3.8) is 0 Å². The first-order valence-electron chi connectivity index (χ1n) is 7.83. The average Bonchev–Trinajstić information content (AvgIpc) is 2.51. The molecule has 118 valence electrons. The average molecular weight is 310 g/mol. The molecule has 0 heterocycles. The van der Waals surface area contributed by atoms with E-state index in [-0.39, 0.29) is 12.1 Å². The van der Waals surface area contributed by atoms with Crippen LogP contribution in [0, 0.1) is 0 Å². The van der Waals surface area contributed by atoms with Crippen LogP contribution >= 0.6 is 7.14 Å². The van der Waals surface area contributed by atoms with Gasteiger partial charge in [-0.25, -0.2) is 0 Å². The number of hydrogen-bond donors (Lipinski definition) is 0. The molecule has 3 nitrogen and oxygen atoms in total. The minimum Gasteiger partial charge on any atom is -0.469 e. The molecule has 0 aliphatic rings. The van der Waals surface area contributed by atoms with Crippen molar-refractivity contribution in [1.29, 1.82) is 0 Å². The lowest BCUT2D eigenvalue weighted by atomic mass is 10.1. The highest BCUT2D eigenvalue weighted by Gasteiger charge is 2.27. The maximum Gasteiger partial charge on any atom is 0.313 e. The van der Waals surface area contributed by atoms with Crippen LogP contribution in [0.1, 0.15) is 45.4 Å². The monoisotopic (exact) mass is 310 g/mol. The van der Waals surface area contributed by atoms with Crippen molar-refractivity contribution in [2.24, 2.45) is 0 Å². The van der Waals surface area contributed by atoms with Crippen molar-refractivity contribution in [3.05, 3.63) is 30.3 Å². The second kappa shape index (κ2) is 9.78. The van der Waals surface area contributed by atoms with Crippen LogP contribution in [-0.2, 0) is 14.1 Å². The first-order valence-corrected chi connectivity index (χ1v) is 9.90. The molecule has 0 aromatic heterocycles. The van der Waals surface area contributed by atoms with Crippen molar-refractivity contribution in [3.8, 4) is 0 Å². The van der Waals surface area contributed by atoms with Crippen LogP contribution in [0.2, 0.25) is 0 Å². The Kier molecular flexibility index (Phi) is 8.37. The number of unbranched alkanes of at least 4 members (excludes halogenated alkanes) is 5. The lowest BCUT2D eigenvalue weighted by Gasteiger charge is -2.17. The number of esters is 1. The molecular formula is C17H27O3P. The standard InChI is InChI=1S/C17H27O3P/c1-3-4-5-6-7-11-14-21(19,15-17(18)20-2)16-12-9-8-10-13-16/h8-10,12-13H,3-7,11,14-15H2,1-2H3. The van der Waals surface area contributed by atoms with Gasteiger partial charge in [-0.3, -0.25) is 4.79 Å². The zero-order chi connectivity index (χ0) is 15.6. The Labute approximate surface area is 128 Å². The molecule has 0 radical (unpaired) electrons. The van der Waals surface area contributed by atoms with Gasteiger partial charge in [-0.05, 0) is 6.42 Å². The second-order valence-electron chi connectivity index (χ2n) is 5.45. The molecule has 4 heteroatoms. The van der Waals surface area contributed by atoms with E-state index in [1.165, 1.54) is 32.8 Å². The van der Waals surface area contributed by atoms with Crippen molar-refractivity contribution >= 4 is 18.4 Å². The van der Waals surface area contributed by atoms with E-state index in [0.29, 0.717) is 6.16 Å². The zero-order valence-electron chi connectivity index (χ0n) is 13.2. The second-order valence-corrected chi connectivity index (χ2v) is 8.51. The van der Waals surface area contributed by atoms with Crippen LogP contribution in [0.15, 0.2) is 30.3 Å². The summed E-state index contributed by atoms with van der Waals surface area (Å²) in [7, 11) is -1.32. The highest BCUT2D eigenvalue weighted by molar-refractivity contribution is 7.72. The van der Waals surface area contributed by atoms with E-state index in [2.05, 4.69) is 6.92 Å². The molecule has 21 heavy (non-hydrogen) atoms. The summed E-state index contributed by atoms with van der Waals surface area (Å²) < 4.78 is 17.9. The van der Waals surface area contributed by atoms with Crippen molar-refractivity contribution < 1.29 is 14.1 Å². The van der Waals surface area contributed by atoms with Crippen molar-refractivity contribution in [2.45, 2.75) is 45.4 Å². The van der Waals surface area contributed by atoms with Gasteiger partial charge in [0.2, 0.25) is 0 Å². The van der Waals surface area contributed by atoms with Gasteiger partial charge in [0.25, 0.3) is 0 Å². The number of ether oxygens (including phenoxy) is 1. The summed E-state index contributed by atoms with van der Waals surface area (Å²) in [6.45, 7) is 2.19. The summed E-state index contributed by atoms with van der Waals surface area (Å²) in [5.41, 5.74) is 0. The largest absolute Gasteiger partial charge is 0.469 e. The molecule has 1 unspecified atom stereocenters. The fourth-order valence-corrected chi connectivity index (χ4v) is 5.01. The molecule has 0 N–H and O–H groups in total. The third kappa shape index (κ3) is 6.48. The molecule has 0 aliphatic carbocycles. The van der Waals surface area contributed by atoms with Crippen LogP contribution in [0.4, 0.5) is 0 Å². The Morgan fingerprint density at radius 1 is 1.05 bits per heavy atom. The predicted molar refractivity (Wildman–Crippen MR) is 88.8 cm³/mol. The molecule has 0 saturated heterocycles. The Morgan fingerprint density at radius 3 is 2.29 bits per heavy atom. The maximum atomic E-state index is 13.2. The maximum absolute atomic E-state index is 13.2. The molecule has 1 rings (SSSR count). The fraction of sp³-hybridized carbons (Fsp3) is 0.588. The van der Waals surface area contributed by atoms with Crippen LogP contribution in [0.5, 0.6) is 0 Å². The first-order chi connectivity index (χ1) is 10.1. The lowest BCUT2D eigenvalue weighted by molar-refractivity contribution is -0.137. The number of methoxy groups -OCH3 is 1. The first kappa shape index (κ1) is 18.0. The molecule has 0 aliphatic heterocycles. The summed E-state index contributed by atoms with van der Waals surface area (Å²) in [5, 5.41) is 0.795. The minimum absolute atomic E-state index is 0.0163. The van der Waals surface area contributed by atoms with E-state index in [9.17, 15) is 9.36 Å². The van der Waals surface area contributed by atoms with Gasteiger partial charge in [0, 0.05) is 11.5 Å². The van der Waals surface area contributed by atoms with Gasteiger partial charge < -0.3 is 9.30 Å². The molecule has 0 amide bonds. The number of benzene rings is 1. The molecule has 1 atom stereocenters. The lowest BCUT2D eigenvalue weighted by Crippen LogP contribution is -2.17. The molecular weight excluding hydrogens is 283 g/mol. The summed E-state index contributed by atoms with van der Waals surface area (Å²) in [6, 6.07) is 9.37. The number of rotatable bonds is 10. The Morgan fingerprint density at radius 2 is 1.67 bits per heavy atom. The Balaban J connectivity index is 2.61. The molecule has 1 aromatic rings. The third-order valence-electron chi connectivity index (χ3n) is 3.71. The van der Waals surface area contributed by atoms with E-state index in [1.54, 1.807) is 0 Å². The molecule has 0 fully saturated rings. The SMILES string of the molecule is CCCCCCCCP(=O)(CC(=O)OC)c1ccccc1. The molecule has 0 saturated carbocycles. The van der Waals surface area contributed by atoms with E-state index < -0.39 is 7.14 Å². The van der Waals surface area contributed by atoms with Crippen LogP contribution in [0.3, 0.4) is 0 Å². The summed E-state index contributed by atoms with van der Waals surface area (Å²) in [6.07, 6.45) is 7.51. The van der Waals surface area contributed by atoms with Crippen LogP contribution in [-0.4, -0.2) is 25.4 Å². The summed E-state index contributed by atoms with van der Waals surface area (Å²) in [4.78, 5) is 11.6. The predicted octanol–water partition coefficient (Wildman–Crippen LogP) is 4.21. The van der Waals surface area contributed by atoms with E-state index >= 15 is 0 Å². The van der Waals surface area contributed by atoms with Gasteiger partial charge in [0.15, 0.2) is 0 Å². The third-order valence-corrected chi connectivity index (χ3v) is 6.76. The van der Waals surface area contributed by atoms with E-state index in [0.717, 1.165) is 18.1 Å². The van der Waals surface area contributed by atoms with Crippen molar-refractivity contribution in [2.75, 3.05) is 19.4 Å². The normalized spacial score (nSPS) is 13.6. The molecule has 1 aromatic carbocycles. The number of hydrogen-bond acceptors (Lipinski definition) is 3. The van der Waals surface area contributed by atoms with Gasteiger partial charge in [-0.2, -0.15) is 0 Å². The van der Waals surface area contributed by atoms with Gasteiger partial charge in [-0.1, -0.05) is 69.4 Å². The van der Waals surface area contributed by atoms with Gasteiger partial charge in [0.1, 0.15) is 13.3 Å². The Hall–Kier alpha value is -1.08. The summed E-state index contributed by atoms with van der Waals surface area (Å²) in [5.74, 6) is -0.381. The molecule has 0 bridgehead atoms. The van der Waals surface area contributed by atoms with E-state index in [1.807, 2.05) is 30.3 Å². The number of carbonyl (C=O) groups is 1. The Bertz CT molecular complexity index is 456. The van der Waals surface area contributed by atoms with E-state index in [4.69, 9.17) is 4.74 Å². The topological polar surface area (TPSA) is 43.4 Å². The molecule has 0 spiro atoms. The van der Waals surface area contributed by atoms with Crippen LogP contribution in [0.25, 0.3) is 0 Å².